The molecule has 3 N–H and O–H groups in total. The summed E-state index contributed by atoms with van der Waals surface area (Å²) in [5.74, 6) is 0.284. The molecule has 0 saturated carbocycles. The highest BCUT2D eigenvalue weighted by Crippen LogP contribution is 2.26. The predicted molar refractivity (Wildman–Crippen MR) is 108 cm³/mol. The normalized spacial score (nSPS) is 20.1. The van der Waals surface area contributed by atoms with E-state index < -0.39 is 0 Å². The molecule has 25 heavy (non-hydrogen) atoms. The molecule has 1 aliphatic heterocycles. The van der Waals surface area contributed by atoms with Crippen LogP contribution in [0.4, 0.5) is 5.69 Å². The van der Waals surface area contributed by atoms with Gasteiger partial charge in [-0.15, -0.1) is 12.4 Å². The zero-order valence-corrected chi connectivity index (χ0v) is 16.5. The molecular formula is C19H23BrClN3O. The van der Waals surface area contributed by atoms with Crippen molar-refractivity contribution in [3.05, 3.63) is 64.1 Å². The van der Waals surface area contributed by atoms with Gasteiger partial charge in [0.05, 0.1) is 6.54 Å². The molecule has 2 aromatic carbocycles. The van der Waals surface area contributed by atoms with Crippen LogP contribution in [0.15, 0.2) is 53.0 Å². The number of benzene rings is 2. The molecule has 3 rings (SSSR count). The summed E-state index contributed by atoms with van der Waals surface area (Å²) in [6.45, 7) is 3.93. The monoisotopic (exact) mass is 423 g/mol. The number of hydrogen-bond acceptors (Lipinski definition) is 3. The summed E-state index contributed by atoms with van der Waals surface area (Å²) in [4.78, 5) is 14.4. The van der Waals surface area contributed by atoms with Gasteiger partial charge in [-0.1, -0.05) is 46.3 Å². The number of rotatable bonds is 4. The van der Waals surface area contributed by atoms with Crippen molar-refractivity contribution in [2.24, 2.45) is 5.73 Å². The van der Waals surface area contributed by atoms with E-state index in [0.29, 0.717) is 6.54 Å². The van der Waals surface area contributed by atoms with E-state index in [1.54, 1.807) is 0 Å². The van der Waals surface area contributed by atoms with Crippen LogP contribution in [0.3, 0.4) is 0 Å². The van der Waals surface area contributed by atoms with Crippen LogP contribution in [0.2, 0.25) is 0 Å². The van der Waals surface area contributed by atoms with Crippen LogP contribution >= 0.6 is 28.3 Å². The van der Waals surface area contributed by atoms with E-state index in [-0.39, 0.29) is 30.3 Å². The van der Waals surface area contributed by atoms with Gasteiger partial charge in [-0.25, -0.2) is 0 Å². The summed E-state index contributed by atoms with van der Waals surface area (Å²) in [5, 5.41) is 2.96. The topological polar surface area (TPSA) is 58.4 Å². The number of anilines is 1. The van der Waals surface area contributed by atoms with E-state index in [2.05, 4.69) is 38.3 Å². The first-order valence-electron chi connectivity index (χ1n) is 8.12. The van der Waals surface area contributed by atoms with E-state index in [0.717, 1.165) is 28.8 Å². The SMILES string of the molecule is Cc1cc(NC(=O)CN2C[C@@H](N)[C@H](c3ccccc3)C2)ccc1Br.Cl. The van der Waals surface area contributed by atoms with E-state index in [4.69, 9.17) is 5.73 Å². The fourth-order valence-corrected chi connectivity index (χ4v) is 3.47. The van der Waals surface area contributed by atoms with Crippen LogP contribution in [0.1, 0.15) is 17.0 Å². The van der Waals surface area contributed by atoms with Gasteiger partial charge >= 0.3 is 0 Å². The fraction of sp³-hybridized carbons (Fsp3) is 0.316. The predicted octanol–water partition coefficient (Wildman–Crippen LogP) is 3.54. The van der Waals surface area contributed by atoms with Gasteiger partial charge in [0.15, 0.2) is 0 Å². The van der Waals surface area contributed by atoms with Gasteiger partial charge in [-0.2, -0.15) is 0 Å². The number of nitrogens with two attached hydrogens (primary N) is 1. The number of nitrogens with one attached hydrogen (secondary N) is 1. The van der Waals surface area contributed by atoms with E-state index >= 15 is 0 Å². The second kappa shape index (κ2) is 8.81. The molecule has 4 nitrogen and oxygen atoms in total. The Morgan fingerprint density at radius 2 is 1.96 bits per heavy atom. The fourth-order valence-electron chi connectivity index (χ4n) is 3.22. The largest absolute Gasteiger partial charge is 0.326 e. The molecule has 0 bridgehead atoms. The molecular weight excluding hydrogens is 402 g/mol. The standard InChI is InChI=1S/C19H22BrN3O.ClH/c1-13-9-15(7-8-17(13)20)22-19(24)12-23-10-16(18(21)11-23)14-5-3-2-4-6-14;/h2-9,16,18H,10-12,21H2,1H3,(H,22,24);1H/t16-,18+;/m0./s1. The summed E-state index contributed by atoms with van der Waals surface area (Å²) in [5.41, 5.74) is 9.45. The van der Waals surface area contributed by atoms with Crippen molar-refractivity contribution in [1.29, 1.82) is 0 Å². The zero-order chi connectivity index (χ0) is 17.1. The molecule has 134 valence electrons. The van der Waals surface area contributed by atoms with Crippen molar-refractivity contribution in [2.45, 2.75) is 18.9 Å². The minimum atomic E-state index is -0.00219. The van der Waals surface area contributed by atoms with Crippen LogP contribution in [0, 0.1) is 6.92 Å². The Bertz CT molecular complexity index is 726. The van der Waals surface area contributed by atoms with Gasteiger partial charge in [0.2, 0.25) is 5.91 Å². The highest BCUT2D eigenvalue weighted by atomic mass is 79.9. The Balaban J connectivity index is 0.00000225. The van der Waals surface area contributed by atoms with E-state index in [9.17, 15) is 4.79 Å². The number of likely N-dealkylation sites (tertiary alicyclic amines) is 1. The van der Waals surface area contributed by atoms with Gasteiger partial charge in [-0.05, 0) is 36.2 Å². The average Bonchev–Trinajstić information content (AvgIpc) is 2.92. The van der Waals surface area contributed by atoms with Crippen LogP contribution in [-0.2, 0) is 4.79 Å². The quantitative estimate of drug-likeness (QED) is 0.789. The van der Waals surface area contributed by atoms with Crippen LogP contribution in [-0.4, -0.2) is 36.5 Å². The lowest BCUT2D eigenvalue weighted by atomic mass is 9.95. The average molecular weight is 425 g/mol. The van der Waals surface area contributed by atoms with Crippen molar-refractivity contribution < 1.29 is 4.79 Å². The lowest BCUT2D eigenvalue weighted by Gasteiger charge is -2.16. The van der Waals surface area contributed by atoms with Gasteiger partial charge < -0.3 is 11.1 Å². The first-order valence-corrected chi connectivity index (χ1v) is 8.91. The lowest BCUT2D eigenvalue weighted by molar-refractivity contribution is -0.117. The molecule has 6 heteroatoms. The summed E-state index contributed by atoms with van der Waals surface area (Å²) in [7, 11) is 0. The molecule has 0 radical (unpaired) electrons. The summed E-state index contributed by atoms with van der Waals surface area (Å²) >= 11 is 3.47. The van der Waals surface area contributed by atoms with Gasteiger partial charge in [0, 0.05) is 35.2 Å². The molecule has 0 unspecified atom stereocenters. The second-order valence-electron chi connectivity index (χ2n) is 6.39. The van der Waals surface area contributed by atoms with Gasteiger partial charge in [0.25, 0.3) is 0 Å². The highest BCUT2D eigenvalue weighted by Gasteiger charge is 2.31. The molecule has 0 aromatic heterocycles. The maximum Gasteiger partial charge on any atom is 0.238 e. The molecule has 0 spiro atoms. The van der Waals surface area contributed by atoms with Crippen molar-refractivity contribution >= 4 is 39.9 Å². The highest BCUT2D eigenvalue weighted by molar-refractivity contribution is 9.10. The van der Waals surface area contributed by atoms with Crippen LogP contribution in [0.5, 0.6) is 0 Å². The Morgan fingerprint density at radius 3 is 2.64 bits per heavy atom. The Morgan fingerprint density at radius 1 is 1.24 bits per heavy atom. The molecule has 2 atom stereocenters. The van der Waals surface area contributed by atoms with Crippen molar-refractivity contribution in [3.63, 3.8) is 0 Å². The van der Waals surface area contributed by atoms with Gasteiger partial charge in [0.1, 0.15) is 0 Å². The lowest BCUT2D eigenvalue weighted by Crippen LogP contribution is -2.33. The zero-order valence-electron chi connectivity index (χ0n) is 14.1. The molecule has 1 saturated heterocycles. The van der Waals surface area contributed by atoms with Crippen molar-refractivity contribution in [2.75, 3.05) is 25.0 Å². The molecule has 1 amide bonds. The number of carbonyl (C=O) groups is 1. The molecule has 1 heterocycles. The number of nitrogens with zero attached hydrogens (tertiary/aromatic N) is 1. The molecule has 2 aromatic rings. The Kier molecular flexibility index (Phi) is 7.02. The van der Waals surface area contributed by atoms with E-state index in [1.807, 2.05) is 43.3 Å². The third-order valence-corrected chi connectivity index (χ3v) is 5.37. The Hall–Kier alpha value is -1.40. The number of carbonyl (C=O) groups excluding carboxylic acids is 1. The van der Waals surface area contributed by atoms with Crippen molar-refractivity contribution in [1.82, 2.24) is 4.90 Å². The summed E-state index contributed by atoms with van der Waals surface area (Å²) in [6, 6.07) is 16.2. The second-order valence-corrected chi connectivity index (χ2v) is 7.24. The number of aryl methyl sites for hydroxylation is 1. The minimum absolute atomic E-state index is 0. The summed E-state index contributed by atoms with van der Waals surface area (Å²) < 4.78 is 1.04. The Labute approximate surface area is 163 Å². The summed E-state index contributed by atoms with van der Waals surface area (Å²) in [6.07, 6.45) is 0. The number of halogens is 2. The van der Waals surface area contributed by atoms with Gasteiger partial charge in [-0.3, -0.25) is 9.69 Å². The molecule has 1 fully saturated rings. The minimum Gasteiger partial charge on any atom is -0.326 e. The first-order chi connectivity index (χ1) is 11.5. The molecule has 1 aliphatic rings. The molecule has 0 aliphatic carbocycles. The van der Waals surface area contributed by atoms with Crippen molar-refractivity contribution in [3.8, 4) is 0 Å². The van der Waals surface area contributed by atoms with Crippen LogP contribution < -0.4 is 11.1 Å². The maximum atomic E-state index is 12.3. The third-order valence-electron chi connectivity index (χ3n) is 4.48. The number of hydrogen-bond donors (Lipinski definition) is 2. The van der Waals surface area contributed by atoms with Crippen LogP contribution in [0.25, 0.3) is 0 Å². The third kappa shape index (κ3) is 5.05. The number of amides is 1. The first kappa shape index (κ1) is 19.9. The maximum absolute atomic E-state index is 12.3. The smallest absolute Gasteiger partial charge is 0.238 e. The van der Waals surface area contributed by atoms with E-state index in [1.165, 1.54) is 5.56 Å².